The maximum Gasteiger partial charge on any atom is 0.141 e. The lowest BCUT2D eigenvalue weighted by Gasteiger charge is -2.33. The summed E-state index contributed by atoms with van der Waals surface area (Å²) in [5.74, 6) is 1.53. The van der Waals surface area contributed by atoms with E-state index in [0.717, 1.165) is 34.6 Å². The smallest absolute Gasteiger partial charge is 0.141 e. The van der Waals surface area contributed by atoms with Crippen molar-refractivity contribution in [1.29, 1.82) is 0 Å². The van der Waals surface area contributed by atoms with Crippen molar-refractivity contribution < 1.29 is 9.84 Å². The van der Waals surface area contributed by atoms with Gasteiger partial charge in [0.05, 0.1) is 10.1 Å². The Balaban J connectivity index is 1.69. The van der Waals surface area contributed by atoms with Crippen LogP contribution in [0.4, 0.5) is 5.69 Å². The summed E-state index contributed by atoms with van der Waals surface area (Å²) in [6.07, 6.45) is 2.35. The highest BCUT2D eigenvalue weighted by atomic mass is 79.9. The van der Waals surface area contributed by atoms with Gasteiger partial charge in [-0.25, -0.2) is 0 Å². The number of nitrogens with one attached hydrogen (secondary N) is 1. The minimum Gasteiger partial charge on any atom is -0.456 e. The van der Waals surface area contributed by atoms with Crippen molar-refractivity contribution in [1.82, 2.24) is 5.32 Å². The zero-order valence-electron chi connectivity index (χ0n) is 15.6. The van der Waals surface area contributed by atoms with Gasteiger partial charge in [-0.15, -0.1) is 0 Å². The average molecular weight is 419 g/mol. The van der Waals surface area contributed by atoms with Crippen LogP contribution in [0.1, 0.15) is 32.3 Å². The summed E-state index contributed by atoms with van der Waals surface area (Å²) >= 11 is 3.54. The third-order valence-corrected chi connectivity index (χ3v) is 5.59. The summed E-state index contributed by atoms with van der Waals surface area (Å²) in [6.45, 7) is 5.72. The number of rotatable bonds is 5. The van der Waals surface area contributed by atoms with Gasteiger partial charge in [0.1, 0.15) is 11.5 Å². The molecule has 2 aromatic carbocycles. The molecular weight excluding hydrogens is 392 g/mol. The second kappa shape index (κ2) is 7.99. The van der Waals surface area contributed by atoms with Gasteiger partial charge in [-0.1, -0.05) is 6.07 Å². The summed E-state index contributed by atoms with van der Waals surface area (Å²) in [5.41, 5.74) is 1.18. The lowest BCUT2D eigenvalue weighted by Crippen LogP contribution is -2.41. The lowest BCUT2D eigenvalue weighted by molar-refractivity contribution is 0.0785. The Labute approximate surface area is 164 Å². The van der Waals surface area contributed by atoms with Crippen LogP contribution in [0, 0.1) is 0 Å². The van der Waals surface area contributed by atoms with Gasteiger partial charge < -0.3 is 20.1 Å². The number of halogens is 1. The van der Waals surface area contributed by atoms with E-state index in [1.165, 1.54) is 18.5 Å². The van der Waals surface area contributed by atoms with E-state index in [-0.39, 0.29) is 0 Å². The molecule has 1 heterocycles. The second-order valence-electron chi connectivity index (χ2n) is 7.39. The zero-order valence-corrected chi connectivity index (χ0v) is 17.2. The molecule has 0 amide bonds. The molecule has 26 heavy (non-hydrogen) atoms. The van der Waals surface area contributed by atoms with Gasteiger partial charge in [0.2, 0.25) is 0 Å². The quantitative estimate of drug-likeness (QED) is 0.740. The molecule has 0 aliphatic carbocycles. The summed E-state index contributed by atoms with van der Waals surface area (Å²) < 4.78 is 6.83. The summed E-state index contributed by atoms with van der Waals surface area (Å²) in [4.78, 5) is 2.36. The molecule has 140 valence electrons. The van der Waals surface area contributed by atoms with Crippen LogP contribution in [0.5, 0.6) is 11.5 Å². The van der Waals surface area contributed by atoms with Crippen LogP contribution in [0.3, 0.4) is 0 Å². The molecule has 0 atom stereocenters. The fourth-order valence-electron chi connectivity index (χ4n) is 3.25. The van der Waals surface area contributed by atoms with Crippen molar-refractivity contribution >= 4 is 21.6 Å². The summed E-state index contributed by atoms with van der Waals surface area (Å²) in [5, 5.41) is 13.5. The van der Waals surface area contributed by atoms with Gasteiger partial charge >= 0.3 is 0 Å². The molecule has 1 saturated heterocycles. The highest BCUT2D eigenvalue weighted by Gasteiger charge is 2.19. The SMILES string of the molecule is CN(c1ccc(Oc2ccc(C(C)(C)O)cc2Br)cc1)C1CCNCC1. The fourth-order valence-corrected chi connectivity index (χ4v) is 3.70. The molecule has 2 aromatic rings. The van der Waals surface area contributed by atoms with Gasteiger partial charge in [0, 0.05) is 18.8 Å². The molecular formula is C21H27BrN2O2. The molecule has 0 saturated carbocycles. The minimum absolute atomic E-state index is 0.589. The van der Waals surface area contributed by atoms with Gasteiger partial charge in [-0.3, -0.25) is 0 Å². The highest BCUT2D eigenvalue weighted by molar-refractivity contribution is 9.10. The predicted octanol–water partition coefficient (Wildman–Crippen LogP) is 4.66. The summed E-state index contributed by atoms with van der Waals surface area (Å²) in [6, 6.07) is 14.5. The van der Waals surface area contributed by atoms with Crippen LogP contribution in [0.15, 0.2) is 46.9 Å². The molecule has 3 rings (SSSR count). The first-order valence-electron chi connectivity index (χ1n) is 9.08. The first kappa shape index (κ1) is 19.2. The van der Waals surface area contributed by atoms with E-state index in [0.29, 0.717) is 6.04 Å². The third kappa shape index (κ3) is 4.58. The van der Waals surface area contributed by atoms with E-state index in [4.69, 9.17) is 4.74 Å². The van der Waals surface area contributed by atoms with Crippen molar-refractivity contribution in [3.05, 3.63) is 52.5 Å². The van der Waals surface area contributed by atoms with Crippen LogP contribution in [-0.4, -0.2) is 31.3 Å². The molecule has 1 aliphatic rings. The van der Waals surface area contributed by atoms with Gasteiger partial charge in [0.15, 0.2) is 0 Å². The Kier molecular flexibility index (Phi) is 5.90. The van der Waals surface area contributed by atoms with Gasteiger partial charge in [-0.05, 0) is 97.7 Å². The number of ether oxygens (including phenoxy) is 1. The average Bonchev–Trinajstić information content (AvgIpc) is 2.63. The standard InChI is InChI=1S/C21H27BrN2O2/c1-21(2,25)15-4-9-20(19(22)14-15)26-18-7-5-16(6-8-18)24(3)17-10-12-23-13-11-17/h4-9,14,17,23,25H,10-13H2,1-3H3. The maximum atomic E-state index is 10.1. The molecule has 0 aromatic heterocycles. The number of hydrogen-bond donors (Lipinski definition) is 2. The van der Waals surface area contributed by atoms with Crippen LogP contribution in [0.25, 0.3) is 0 Å². The maximum absolute atomic E-state index is 10.1. The number of anilines is 1. The number of benzene rings is 2. The molecule has 2 N–H and O–H groups in total. The summed E-state index contributed by atoms with van der Waals surface area (Å²) in [7, 11) is 2.16. The van der Waals surface area contributed by atoms with Crippen LogP contribution >= 0.6 is 15.9 Å². The Morgan fingerprint density at radius 1 is 1.12 bits per heavy atom. The van der Waals surface area contributed by atoms with Crippen molar-refractivity contribution in [2.45, 2.75) is 38.3 Å². The van der Waals surface area contributed by atoms with Crippen molar-refractivity contribution in [2.75, 3.05) is 25.0 Å². The Bertz CT molecular complexity index is 735. The molecule has 1 fully saturated rings. The second-order valence-corrected chi connectivity index (χ2v) is 8.25. The van der Waals surface area contributed by atoms with Gasteiger partial charge in [-0.2, -0.15) is 0 Å². The first-order valence-corrected chi connectivity index (χ1v) is 9.88. The largest absolute Gasteiger partial charge is 0.456 e. The molecule has 5 heteroatoms. The van der Waals surface area contributed by atoms with Crippen LogP contribution in [0.2, 0.25) is 0 Å². The first-order chi connectivity index (χ1) is 12.3. The molecule has 0 radical (unpaired) electrons. The van der Waals surface area contributed by atoms with Crippen LogP contribution in [-0.2, 0) is 5.60 Å². The highest BCUT2D eigenvalue weighted by Crippen LogP contribution is 2.34. The van der Waals surface area contributed by atoms with Gasteiger partial charge in [0.25, 0.3) is 0 Å². The Hall–Kier alpha value is -1.56. The number of aliphatic hydroxyl groups is 1. The van der Waals surface area contributed by atoms with E-state index in [1.54, 1.807) is 13.8 Å². The number of hydrogen-bond acceptors (Lipinski definition) is 4. The van der Waals surface area contributed by atoms with Crippen molar-refractivity contribution in [3.8, 4) is 11.5 Å². The Morgan fingerprint density at radius 3 is 2.35 bits per heavy atom. The zero-order chi connectivity index (χ0) is 18.7. The number of piperidine rings is 1. The van der Waals surface area contributed by atoms with E-state index in [1.807, 2.05) is 30.3 Å². The third-order valence-electron chi connectivity index (χ3n) is 4.97. The van der Waals surface area contributed by atoms with E-state index < -0.39 is 5.60 Å². The molecule has 4 nitrogen and oxygen atoms in total. The van der Waals surface area contributed by atoms with Crippen LogP contribution < -0.4 is 15.0 Å². The fraction of sp³-hybridized carbons (Fsp3) is 0.429. The van der Waals surface area contributed by atoms with E-state index in [9.17, 15) is 5.11 Å². The molecule has 0 spiro atoms. The van der Waals surface area contributed by atoms with E-state index >= 15 is 0 Å². The monoisotopic (exact) mass is 418 g/mol. The molecule has 1 aliphatic heterocycles. The Morgan fingerprint density at radius 2 is 1.77 bits per heavy atom. The van der Waals surface area contributed by atoms with E-state index in [2.05, 4.69) is 45.3 Å². The lowest BCUT2D eigenvalue weighted by atomic mass is 9.99. The topological polar surface area (TPSA) is 44.7 Å². The molecule has 0 unspecified atom stereocenters. The van der Waals surface area contributed by atoms with Crippen molar-refractivity contribution in [3.63, 3.8) is 0 Å². The van der Waals surface area contributed by atoms with Crippen molar-refractivity contribution in [2.24, 2.45) is 0 Å². The minimum atomic E-state index is -0.873. The predicted molar refractivity (Wildman–Crippen MR) is 110 cm³/mol. The normalized spacial score (nSPS) is 15.7. The molecule has 0 bridgehead atoms. The number of nitrogens with zero attached hydrogens (tertiary/aromatic N) is 1.